The van der Waals surface area contributed by atoms with Crippen molar-refractivity contribution in [3.63, 3.8) is 0 Å². The lowest BCUT2D eigenvalue weighted by molar-refractivity contribution is 0.629. The van der Waals surface area contributed by atoms with Crippen molar-refractivity contribution < 1.29 is 4.39 Å². The fraction of sp³-hybridized carbons (Fsp3) is 0.150. The molecule has 0 aliphatic carbocycles. The summed E-state index contributed by atoms with van der Waals surface area (Å²) in [5.74, 6) is 0.388. The van der Waals surface area contributed by atoms with Crippen LogP contribution in [0.5, 0.6) is 0 Å². The normalized spacial score (nSPS) is 11.8. The Labute approximate surface area is 144 Å². The van der Waals surface area contributed by atoms with Crippen LogP contribution in [0.25, 0.3) is 28.7 Å². The van der Waals surface area contributed by atoms with Gasteiger partial charge in [0.2, 0.25) is 0 Å². The van der Waals surface area contributed by atoms with E-state index >= 15 is 0 Å². The van der Waals surface area contributed by atoms with Crippen molar-refractivity contribution in [1.29, 1.82) is 0 Å². The molecule has 0 N–H and O–H groups in total. The Balaban J connectivity index is 1.71. The van der Waals surface area contributed by atoms with Crippen LogP contribution in [0.2, 0.25) is 0 Å². The van der Waals surface area contributed by atoms with Crippen molar-refractivity contribution in [2.75, 3.05) is 0 Å². The SMILES string of the molecule is CCc1ccc(C)n2nc(/C=C/c3ccc4cc(F)ccc4n3)nc12. The average molecular weight is 332 g/mol. The molecule has 0 aliphatic rings. The highest BCUT2D eigenvalue weighted by atomic mass is 19.1. The van der Waals surface area contributed by atoms with Crippen molar-refractivity contribution in [2.24, 2.45) is 0 Å². The van der Waals surface area contributed by atoms with Gasteiger partial charge in [0.25, 0.3) is 0 Å². The van der Waals surface area contributed by atoms with Crippen molar-refractivity contribution in [3.8, 4) is 0 Å². The van der Waals surface area contributed by atoms with Gasteiger partial charge in [-0.1, -0.05) is 19.1 Å². The maximum atomic E-state index is 13.2. The van der Waals surface area contributed by atoms with E-state index in [2.05, 4.69) is 34.1 Å². The topological polar surface area (TPSA) is 43.1 Å². The Bertz CT molecular complexity index is 1110. The van der Waals surface area contributed by atoms with Crippen LogP contribution in [-0.4, -0.2) is 19.6 Å². The maximum absolute atomic E-state index is 13.2. The Morgan fingerprint density at radius 2 is 1.92 bits per heavy atom. The lowest BCUT2D eigenvalue weighted by Crippen LogP contribution is -1.96. The van der Waals surface area contributed by atoms with Gasteiger partial charge in [0.15, 0.2) is 11.5 Å². The van der Waals surface area contributed by atoms with Gasteiger partial charge in [-0.05, 0) is 61.4 Å². The van der Waals surface area contributed by atoms with E-state index in [9.17, 15) is 4.39 Å². The maximum Gasteiger partial charge on any atom is 0.175 e. The summed E-state index contributed by atoms with van der Waals surface area (Å²) in [6.07, 6.45) is 4.64. The minimum atomic E-state index is -0.256. The van der Waals surface area contributed by atoms with Crippen LogP contribution in [0.3, 0.4) is 0 Å². The van der Waals surface area contributed by atoms with Crippen LogP contribution in [0, 0.1) is 12.7 Å². The van der Waals surface area contributed by atoms with Gasteiger partial charge in [0, 0.05) is 11.1 Å². The predicted molar refractivity (Wildman–Crippen MR) is 97.7 cm³/mol. The third-order valence-corrected chi connectivity index (χ3v) is 4.23. The first kappa shape index (κ1) is 15.4. The van der Waals surface area contributed by atoms with E-state index in [1.165, 1.54) is 17.7 Å². The summed E-state index contributed by atoms with van der Waals surface area (Å²) < 4.78 is 15.1. The van der Waals surface area contributed by atoms with Crippen LogP contribution < -0.4 is 0 Å². The molecular weight excluding hydrogens is 315 g/mol. The number of hydrogen-bond acceptors (Lipinski definition) is 3. The van der Waals surface area contributed by atoms with Crippen molar-refractivity contribution in [1.82, 2.24) is 19.6 Å². The van der Waals surface area contributed by atoms with Crippen molar-refractivity contribution in [3.05, 3.63) is 71.1 Å². The first-order valence-electron chi connectivity index (χ1n) is 8.23. The first-order chi connectivity index (χ1) is 12.1. The second-order valence-corrected chi connectivity index (χ2v) is 5.97. The number of pyridine rings is 2. The number of nitrogens with zero attached hydrogens (tertiary/aromatic N) is 4. The molecule has 3 aromatic heterocycles. The molecule has 0 saturated heterocycles. The standard InChI is InChI=1S/C20H17FN4/c1-3-14-5-4-13(2)25-20(14)23-19(24-25)11-9-17-8-6-15-12-16(21)7-10-18(15)22-17/h4-12H,3H2,1-2H3/b11-9+. The lowest BCUT2D eigenvalue weighted by atomic mass is 10.2. The van der Waals surface area contributed by atoms with E-state index in [-0.39, 0.29) is 5.82 Å². The fourth-order valence-corrected chi connectivity index (χ4v) is 2.86. The fourth-order valence-electron chi connectivity index (χ4n) is 2.86. The smallest absolute Gasteiger partial charge is 0.175 e. The predicted octanol–water partition coefficient (Wildman–Crippen LogP) is 4.46. The summed E-state index contributed by atoms with van der Waals surface area (Å²) in [7, 11) is 0. The number of rotatable bonds is 3. The zero-order valence-electron chi connectivity index (χ0n) is 14.1. The molecule has 4 nitrogen and oxygen atoms in total. The molecule has 25 heavy (non-hydrogen) atoms. The van der Waals surface area contributed by atoms with Crippen LogP contribution in [0.15, 0.2) is 42.5 Å². The second kappa shape index (κ2) is 6.09. The number of fused-ring (bicyclic) bond motifs is 2. The molecule has 0 aliphatic heterocycles. The third kappa shape index (κ3) is 2.89. The highest BCUT2D eigenvalue weighted by Gasteiger charge is 2.07. The molecule has 0 radical (unpaired) electrons. The Morgan fingerprint density at radius 1 is 1.04 bits per heavy atom. The Morgan fingerprint density at radius 3 is 2.76 bits per heavy atom. The van der Waals surface area contributed by atoms with E-state index in [0.717, 1.165) is 34.4 Å². The summed E-state index contributed by atoms with van der Waals surface area (Å²) in [6.45, 7) is 4.12. The van der Waals surface area contributed by atoms with E-state index in [0.29, 0.717) is 5.82 Å². The largest absolute Gasteiger partial charge is 0.248 e. The van der Waals surface area contributed by atoms with Gasteiger partial charge in [-0.25, -0.2) is 18.9 Å². The molecule has 4 rings (SSSR count). The van der Waals surface area contributed by atoms with E-state index in [4.69, 9.17) is 0 Å². The Kier molecular flexibility index (Phi) is 3.76. The molecule has 0 fully saturated rings. The van der Waals surface area contributed by atoms with Crippen LogP contribution in [-0.2, 0) is 6.42 Å². The zero-order valence-corrected chi connectivity index (χ0v) is 14.1. The van der Waals surface area contributed by atoms with Gasteiger partial charge in [0.1, 0.15) is 5.82 Å². The molecule has 4 aromatic rings. The molecule has 0 unspecified atom stereocenters. The lowest BCUT2D eigenvalue weighted by Gasteiger charge is -2.01. The summed E-state index contributed by atoms with van der Waals surface area (Å²) in [5, 5.41) is 5.33. The van der Waals surface area contributed by atoms with Gasteiger partial charge >= 0.3 is 0 Å². The monoisotopic (exact) mass is 332 g/mol. The van der Waals surface area contributed by atoms with Crippen molar-refractivity contribution >= 4 is 28.7 Å². The van der Waals surface area contributed by atoms with Gasteiger partial charge in [-0.3, -0.25) is 0 Å². The van der Waals surface area contributed by atoms with Crippen molar-refractivity contribution in [2.45, 2.75) is 20.3 Å². The van der Waals surface area contributed by atoms with E-state index < -0.39 is 0 Å². The Hall–Kier alpha value is -3.08. The second-order valence-electron chi connectivity index (χ2n) is 5.97. The molecule has 0 saturated carbocycles. The van der Waals surface area contributed by atoms with Gasteiger partial charge in [0.05, 0.1) is 11.2 Å². The number of aryl methyl sites for hydroxylation is 2. The average Bonchev–Trinajstić information content (AvgIpc) is 3.05. The number of halogens is 1. The molecule has 5 heteroatoms. The minimum absolute atomic E-state index is 0.256. The van der Waals surface area contributed by atoms with Gasteiger partial charge in [-0.2, -0.15) is 0 Å². The number of benzene rings is 1. The first-order valence-corrected chi connectivity index (χ1v) is 8.23. The van der Waals surface area contributed by atoms with Gasteiger partial charge < -0.3 is 0 Å². The summed E-state index contributed by atoms with van der Waals surface area (Å²) >= 11 is 0. The minimum Gasteiger partial charge on any atom is -0.248 e. The molecule has 0 amide bonds. The van der Waals surface area contributed by atoms with Crippen LogP contribution >= 0.6 is 0 Å². The molecular formula is C20H17FN4. The van der Waals surface area contributed by atoms with E-state index in [1.54, 1.807) is 6.07 Å². The molecule has 0 bridgehead atoms. The molecule has 1 aromatic carbocycles. The number of hydrogen-bond donors (Lipinski definition) is 0. The molecule has 124 valence electrons. The third-order valence-electron chi connectivity index (χ3n) is 4.23. The zero-order chi connectivity index (χ0) is 17.4. The van der Waals surface area contributed by atoms with Crippen LogP contribution in [0.4, 0.5) is 4.39 Å². The highest BCUT2D eigenvalue weighted by Crippen LogP contribution is 2.16. The highest BCUT2D eigenvalue weighted by molar-refractivity contribution is 5.80. The summed E-state index contributed by atoms with van der Waals surface area (Å²) in [5.41, 5.74) is 4.65. The van der Waals surface area contributed by atoms with Gasteiger partial charge in [-0.15, -0.1) is 5.10 Å². The quantitative estimate of drug-likeness (QED) is 0.556. The summed E-state index contributed by atoms with van der Waals surface area (Å²) in [6, 6.07) is 12.4. The molecule has 0 spiro atoms. The molecule has 0 atom stereocenters. The van der Waals surface area contributed by atoms with Crippen LogP contribution in [0.1, 0.15) is 29.7 Å². The molecule has 3 heterocycles. The van der Waals surface area contributed by atoms with E-state index in [1.807, 2.05) is 35.7 Å². The summed E-state index contributed by atoms with van der Waals surface area (Å²) in [4.78, 5) is 9.14. The number of aromatic nitrogens is 4.